The lowest BCUT2D eigenvalue weighted by Gasteiger charge is -2.08. The molecular formula is C19H17N3O3. The van der Waals surface area contributed by atoms with Crippen LogP contribution in [0.4, 0.5) is 5.69 Å². The van der Waals surface area contributed by atoms with Crippen LogP contribution in [-0.2, 0) is 13.0 Å². The molecule has 0 bridgehead atoms. The van der Waals surface area contributed by atoms with E-state index in [1.165, 1.54) is 28.4 Å². The van der Waals surface area contributed by atoms with Crippen LogP contribution in [-0.4, -0.2) is 14.7 Å². The van der Waals surface area contributed by atoms with Crippen LogP contribution in [0.3, 0.4) is 0 Å². The molecule has 0 aliphatic heterocycles. The van der Waals surface area contributed by atoms with E-state index >= 15 is 0 Å². The van der Waals surface area contributed by atoms with E-state index in [-0.39, 0.29) is 17.8 Å². The highest BCUT2D eigenvalue weighted by Crippen LogP contribution is 2.17. The SMILES string of the molecule is CCc1ccc(-c2ccc(=O)n(Cc3ccc([N+](=O)[O-])cc3)n2)cc1. The van der Waals surface area contributed by atoms with E-state index in [0.717, 1.165) is 17.5 Å². The summed E-state index contributed by atoms with van der Waals surface area (Å²) in [6.45, 7) is 2.36. The van der Waals surface area contributed by atoms with E-state index in [1.54, 1.807) is 18.2 Å². The van der Waals surface area contributed by atoms with Crippen LogP contribution in [0.2, 0.25) is 0 Å². The van der Waals surface area contributed by atoms with E-state index in [4.69, 9.17) is 0 Å². The Morgan fingerprint density at radius 3 is 2.20 bits per heavy atom. The summed E-state index contributed by atoms with van der Waals surface area (Å²) < 4.78 is 1.37. The van der Waals surface area contributed by atoms with Gasteiger partial charge >= 0.3 is 0 Å². The number of benzene rings is 2. The van der Waals surface area contributed by atoms with Gasteiger partial charge in [-0.3, -0.25) is 14.9 Å². The summed E-state index contributed by atoms with van der Waals surface area (Å²) in [5.41, 5.74) is 3.47. The monoisotopic (exact) mass is 335 g/mol. The van der Waals surface area contributed by atoms with Crippen molar-refractivity contribution in [1.82, 2.24) is 9.78 Å². The Kier molecular flexibility index (Phi) is 4.70. The molecule has 0 atom stereocenters. The average Bonchev–Trinajstić information content (AvgIpc) is 2.64. The summed E-state index contributed by atoms with van der Waals surface area (Å²) in [6.07, 6.45) is 0.966. The molecule has 1 aromatic heterocycles. The Balaban J connectivity index is 1.88. The van der Waals surface area contributed by atoms with Gasteiger partial charge in [0.25, 0.3) is 11.2 Å². The van der Waals surface area contributed by atoms with Crippen molar-refractivity contribution in [2.24, 2.45) is 0 Å². The highest BCUT2D eigenvalue weighted by molar-refractivity contribution is 5.58. The van der Waals surface area contributed by atoms with Crippen molar-refractivity contribution in [3.05, 3.63) is 92.3 Å². The first-order chi connectivity index (χ1) is 12.1. The summed E-state index contributed by atoms with van der Waals surface area (Å²) in [6, 6.07) is 17.4. The predicted octanol–water partition coefficient (Wildman–Crippen LogP) is 3.43. The summed E-state index contributed by atoms with van der Waals surface area (Å²) in [5.74, 6) is 0. The number of hydrogen-bond donors (Lipinski definition) is 0. The molecule has 2 aromatic carbocycles. The van der Waals surface area contributed by atoms with E-state index in [1.807, 2.05) is 24.3 Å². The minimum absolute atomic E-state index is 0.0221. The topological polar surface area (TPSA) is 78.0 Å². The van der Waals surface area contributed by atoms with Gasteiger partial charge in [-0.05, 0) is 23.6 Å². The molecule has 0 saturated carbocycles. The first-order valence-electron chi connectivity index (χ1n) is 7.97. The van der Waals surface area contributed by atoms with Gasteiger partial charge < -0.3 is 0 Å². The minimum atomic E-state index is -0.450. The fourth-order valence-corrected chi connectivity index (χ4v) is 2.52. The Hall–Kier alpha value is -3.28. The lowest BCUT2D eigenvalue weighted by molar-refractivity contribution is -0.384. The summed E-state index contributed by atoms with van der Waals surface area (Å²) in [4.78, 5) is 22.3. The van der Waals surface area contributed by atoms with E-state index < -0.39 is 4.92 Å². The van der Waals surface area contributed by atoms with Gasteiger partial charge in [-0.15, -0.1) is 0 Å². The van der Waals surface area contributed by atoms with Crippen LogP contribution in [0.25, 0.3) is 11.3 Å². The fraction of sp³-hybridized carbons (Fsp3) is 0.158. The molecule has 1 heterocycles. The molecular weight excluding hydrogens is 318 g/mol. The Bertz CT molecular complexity index is 945. The van der Waals surface area contributed by atoms with Crippen molar-refractivity contribution in [2.75, 3.05) is 0 Å². The van der Waals surface area contributed by atoms with Crippen LogP contribution in [0.5, 0.6) is 0 Å². The molecule has 6 nitrogen and oxygen atoms in total. The maximum absolute atomic E-state index is 12.1. The third-order valence-electron chi connectivity index (χ3n) is 4.00. The van der Waals surface area contributed by atoms with Crippen molar-refractivity contribution in [3.63, 3.8) is 0 Å². The van der Waals surface area contributed by atoms with Crippen LogP contribution < -0.4 is 5.56 Å². The number of rotatable bonds is 5. The van der Waals surface area contributed by atoms with Crippen molar-refractivity contribution in [3.8, 4) is 11.3 Å². The second-order valence-corrected chi connectivity index (χ2v) is 5.69. The molecule has 0 amide bonds. The molecule has 3 aromatic rings. The molecule has 126 valence electrons. The highest BCUT2D eigenvalue weighted by Gasteiger charge is 2.07. The zero-order valence-corrected chi connectivity index (χ0v) is 13.8. The third-order valence-corrected chi connectivity index (χ3v) is 4.00. The van der Waals surface area contributed by atoms with E-state index in [0.29, 0.717) is 5.69 Å². The standard InChI is InChI=1S/C19H17N3O3/c1-2-14-3-7-16(8-4-14)18-11-12-19(23)21(20-18)13-15-5-9-17(10-6-15)22(24)25/h3-12H,2,13H2,1H3. The lowest BCUT2D eigenvalue weighted by Crippen LogP contribution is -2.22. The summed E-state index contributed by atoms with van der Waals surface area (Å²) >= 11 is 0. The zero-order valence-electron chi connectivity index (χ0n) is 13.8. The summed E-state index contributed by atoms with van der Waals surface area (Å²) in [5, 5.41) is 15.1. The van der Waals surface area contributed by atoms with Gasteiger partial charge in [0, 0.05) is 23.8 Å². The van der Waals surface area contributed by atoms with Crippen molar-refractivity contribution in [1.29, 1.82) is 0 Å². The number of aryl methyl sites for hydroxylation is 1. The molecule has 6 heteroatoms. The van der Waals surface area contributed by atoms with Crippen LogP contribution >= 0.6 is 0 Å². The number of nitro benzene ring substituents is 1. The van der Waals surface area contributed by atoms with Gasteiger partial charge in [0.2, 0.25) is 0 Å². The Labute approximate surface area is 144 Å². The second-order valence-electron chi connectivity index (χ2n) is 5.69. The molecule has 0 N–H and O–H groups in total. The first kappa shape index (κ1) is 16.6. The lowest BCUT2D eigenvalue weighted by atomic mass is 10.1. The Morgan fingerprint density at radius 2 is 1.60 bits per heavy atom. The Morgan fingerprint density at radius 1 is 0.960 bits per heavy atom. The zero-order chi connectivity index (χ0) is 17.8. The van der Waals surface area contributed by atoms with Gasteiger partial charge in [0.15, 0.2) is 0 Å². The normalized spacial score (nSPS) is 10.6. The molecule has 0 aliphatic carbocycles. The quantitative estimate of drug-likeness (QED) is 0.528. The predicted molar refractivity (Wildman–Crippen MR) is 95.5 cm³/mol. The largest absolute Gasteiger partial charge is 0.269 e. The van der Waals surface area contributed by atoms with Crippen molar-refractivity contribution < 1.29 is 4.92 Å². The molecule has 0 saturated heterocycles. The van der Waals surface area contributed by atoms with Gasteiger partial charge in [-0.1, -0.05) is 43.3 Å². The molecule has 0 spiro atoms. The molecule has 0 fully saturated rings. The highest BCUT2D eigenvalue weighted by atomic mass is 16.6. The van der Waals surface area contributed by atoms with Crippen LogP contribution in [0.1, 0.15) is 18.1 Å². The third kappa shape index (κ3) is 3.80. The number of nitrogens with zero attached hydrogens (tertiary/aromatic N) is 3. The maximum atomic E-state index is 12.1. The summed E-state index contributed by atoms with van der Waals surface area (Å²) in [7, 11) is 0. The van der Waals surface area contributed by atoms with E-state index in [9.17, 15) is 14.9 Å². The van der Waals surface area contributed by atoms with Crippen molar-refractivity contribution >= 4 is 5.69 Å². The van der Waals surface area contributed by atoms with Gasteiger partial charge in [-0.25, -0.2) is 4.68 Å². The fourth-order valence-electron chi connectivity index (χ4n) is 2.52. The smallest absolute Gasteiger partial charge is 0.268 e. The van der Waals surface area contributed by atoms with Gasteiger partial charge in [0.1, 0.15) is 0 Å². The number of non-ortho nitro benzene ring substituents is 1. The first-order valence-corrected chi connectivity index (χ1v) is 7.97. The van der Waals surface area contributed by atoms with E-state index in [2.05, 4.69) is 12.0 Å². The maximum Gasteiger partial charge on any atom is 0.269 e. The number of hydrogen-bond acceptors (Lipinski definition) is 4. The molecule has 0 unspecified atom stereocenters. The molecule has 25 heavy (non-hydrogen) atoms. The average molecular weight is 335 g/mol. The minimum Gasteiger partial charge on any atom is -0.268 e. The van der Waals surface area contributed by atoms with Gasteiger partial charge in [0.05, 0.1) is 17.2 Å². The van der Waals surface area contributed by atoms with Gasteiger partial charge in [-0.2, -0.15) is 5.10 Å². The number of nitro groups is 1. The molecule has 0 aliphatic rings. The van der Waals surface area contributed by atoms with Crippen LogP contribution in [0, 0.1) is 10.1 Å². The van der Waals surface area contributed by atoms with Crippen molar-refractivity contribution in [2.45, 2.75) is 19.9 Å². The van der Waals surface area contributed by atoms with Crippen LogP contribution in [0.15, 0.2) is 65.5 Å². The molecule has 3 rings (SSSR count). The molecule has 0 radical (unpaired) electrons. The second kappa shape index (κ2) is 7.09. The number of aromatic nitrogens is 2.